The number of anilines is 1. The van der Waals surface area contributed by atoms with Crippen LogP contribution in [0.1, 0.15) is 65.9 Å². The molecule has 25 heavy (non-hydrogen) atoms. The topological polar surface area (TPSA) is 64.8 Å². The Balaban J connectivity index is 2.02. The van der Waals surface area contributed by atoms with Gasteiger partial charge in [0.25, 0.3) is 0 Å². The van der Waals surface area contributed by atoms with Crippen molar-refractivity contribution >= 4 is 11.8 Å². The smallest absolute Gasteiger partial charge is 0.412 e. The maximum atomic E-state index is 12.6. The van der Waals surface area contributed by atoms with Crippen LogP contribution >= 0.6 is 0 Å². The number of carbonyl (C=O) groups is 1. The fraction of sp³-hybridized carbons (Fsp3) is 0.650. The lowest BCUT2D eigenvalue weighted by atomic mass is 9.94. The van der Waals surface area contributed by atoms with Crippen molar-refractivity contribution in [2.24, 2.45) is 0 Å². The van der Waals surface area contributed by atoms with Crippen molar-refractivity contribution < 1.29 is 14.3 Å². The van der Waals surface area contributed by atoms with Gasteiger partial charge in [0, 0.05) is 5.69 Å². The van der Waals surface area contributed by atoms with Crippen molar-refractivity contribution in [2.75, 3.05) is 12.3 Å². The average molecular weight is 348 g/mol. The molecule has 2 atom stereocenters. The molecule has 2 rings (SSSR count). The Labute approximate surface area is 151 Å². The fourth-order valence-electron chi connectivity index (χ4n) is 3.21. The molecule has 0 aliphatic carbocycles. The van der Waals surface area contributed by atoms with Crippen molar-refractivity contribution in [3.8, 4) is 0 Å². The Morgan fingerprint density at radius 2 is 1.96 bits per heavy atom. The van der Waals surface area contributed by atoms with Crippen LogP contribution in [0.25, 0.3) is 0 Å². The molecule has 5 heteroatoms. The molecule has 0 saturated carbocycles. The van der Waals surface area contributed by atoms with Crippen LogP contribution in [0.4, 0.5) is 10.5 Å². The second kappa shape index (κ2) is 7.24. The summed E-state index contributed by atoms with van der Waals surface area (Å²) in [4.78, 5) is 14.4. The van der Waals surface area contributed by atoms with Crippen LogP contribution in [0.3, 0.4) is 0 Å². The summed E-state index contributed by atoms with van der Waals surface area (Å²) in [6.07, 6.45) is 1.53. The van der Waals surface area contributed by atoms with Crippen LogP contribution < -0.4 is 5.73 Å². The fourth-order valence-corrected chi connectivity index (χ4v) is 3.21. The van der Waals surface area contributed by atoms with Gasteiger partial charge in [0.2, 0.25) is 0 Å². The first-order chi connectivity index (χ1) is 11.5. The summed E-state index contributed by atoms with van der Waals surface area (Å²) in [6.45, 7) is 12.2. The highest BCUT2D eigenvalue weighted by atomic mass is 16.6. The van der Waals surface area contributed by atoms with Gasteiger partial charge >= 0.3 is 6.09 Å². The third-order valence-corrected chi connectivity index (χ3v) is 4.60. The quantitative estimate of drug-likeness (QED) is 0.812. The van der Waals surface area contributed by atoms with Crippen LogP contribution in [-0.2, 0) is 9.47 Å². The summed E-state index contributed by atoms with van der Waals surface area (Å²) in [7, 11) is 0. The number of hydrogen-bond donors (Lipinski definition) is 1. The maximum Gasteiger partial charge on any atom is 0.412 e. The second-order valence-electron chi connectivity index (χ2n) is 8.41. The number of nitrogen functional groups attached to an aromatic ring is 1. The van der Waals surface area contributed by atoms with Gasteiger partial charge < -0.3 is 15.2 Å². The molecule has 140 valence electrons. The molecule has 0 spiro atoms. The van der Waals surface area contributed by atoms with E-state index in [1.165, 1.54) is 5.56 Å². The van der Waals surface area contributed by atoms with Crippen LogP contribution in [0, 0.1) is 0 Å². The van der Waals surface area contributed by atoms with Crippen LogP contribution in [0.15, 0.2) is 24.3 Å². The Hall–Kier alpha value is -1.75. The minimum absolute atomic E-state index is 0.0288. The number of benzene rings is 1. The van der Waals surface area contributed by atoms with E-state index in [4.69, 9.17) is 15.2 Å². The predicted molar refractivity (Wildman–Crippen MR) is 100 cm³/mol. The minimum Gasteiger partial charge on any atom is -0.444 e. The molecule has 5 nitrogen and oxygen atoms in total. The molecule has 2 N–H and O–H groups in total. The zero-order valence-electron chi connectivity index (χ0n) is 16.3. The van der Waals surface area contributed by atoms with Crippen LogP contribution in [-0.4, -0.2) is 35.0 Å². The molecule has 1 heterocycles. The lowest BCUT2D eigenvalue weighted by molar-refractivity contribution is -0.0627. The van der Waals surface area contributed by atoms with Gasteiger partial charge in [0.05, 0.1) is 12.6 Å². The number of hydrogen-bond acceptors (Lipinski definition) is 4. The molecule has 0 bridgehead atoms. The lowest BCUT2D eigenvalue weighted by Gasteiger charge is -2.35. The Morgan fingerprint density at radius 1 is 1.36 bits per heavy atom. The Morgan fingerprint density at radius 3 is 2.52 bits per heavy atom. The number of nitrogens with zero attached hydrogens (tertiary/aromatic N) is 1. The summed E-state index contributed by atoms with van der Waals surface area (Å²) < 4.78 is 11.4. The first kappa shape index (κ1) is 19.6. The average Bonchev–Trinajstić information content (AvgIpc) is 2.78. The summed E-state index contributed by atoms with van der Waals surface area (Å²) in [6, 6.07) is 8.03. The van der Waals surface area contributed by atoms with E-state index in [0.717, 1.165) is 18.5 Å². The molecule has 1 fully saturated rings. The van der Waals surface area contributed by atoms with Crippen molar-refractivity contribution in [3.63, 3.8) is 0 Å². The number of nitrogens with two attached hydrogens (primary N) is 1. The molecule has 1 saturated heterocycles. The zero-order chi connectivity index (χ0) is 18.8. The van der Waals surface area contributed by atoms with Crippen LogP contribution in [0.2, 0.25) is 0 Å². The lowest BCUT2D eigenvalue weighted by Crippen LogP contribution is -2.49. The first-order valence-corrected chi connectivity index (χ1v) is 9.01. The van der Waals surface area contributed by atoms with Gasteiger partial charge in [-0.05, 0) is 71.1 Å². The molecule has 2 unspecified atom stereocenters. The molecule has 1 aliphatic rings. The Kier molecular flexibility index (Phi) is 5.67. The molecule has 0 aromatic heterocycles. The van der Waals surface area contributed by atoms with E-state index in [0.29, 0.717) is 12.5 Å². The monoisotopic (exact) mass is 348 g/mol. The predicted octanol–water partition coefficient (Wildman–Crippen LogP) is 4.52. The van der Waals surface area contributed by atoms with Gasteiger partial charge in [0.1, 0.15) is 11.3 Å². The van der Waals surface area contributed by atoms with Crippen LogP contribution in [0.5, 0.6) is 0 Å². The summed E-state index contributed by atoms with van der Waals surface area (Å²) in [5, 5.41) is 0. The van der Waals surface area contributed by atoms with Crippen molar-refractivity contribution in [1.29, 1.82) is 0 Å². The highest BCUT2D eigenvalue weighted by Gasteiger charge is 2.45. The van der Waals surface area contributed by atoms with E-state index >= 15 is 0 Å². The highest BCUT2D eigenvalue weighted by Crippen LogP contribution is 2.33. The van der Waals surface area contributed by atoms with Crippen molar-refractivity contribution in [3.05, 3.63) is 29.8 Å². The summed E-state index contributed by atoms with van der Waals surface area (Å²) in [5.41, 5.74) is 6.64. The zero-order valence-corrected chi connectivity index (χ0v) is 16.3. The molecular formula is C20H32N2O3. The number of rotatable bonds is 4. The van der Waals surface area contributed by atoms with Gasteiger partial charge in [-0.3, -0.25) is 4.90 Å². The van der Waals surface area contributed by atoms with Gasteiger partial charge in [0.15, 0.2) is 0 Å². The Bertz CT molecular complexity index is 590. The number of amides is 1. The largest absolute Gasteiger partial charge is 0.444 e. The number of carbonyl (C=O) groups excluding carboxylic acids is 1. The molecule has 1 aromatic rings. The molecular weight excluding hydrogens is 316 g/mol. The van der Waals surface area contributed by atoms with Gasteiger partial charge in [-0.1, -0.05) is 19.1 Å². The van der Waals surface area contributed by atoms with Crippen molar-refractivity contribution in [1.82, 2.24) is 4.90 Å². The van der Waals surface area contributed by atoms with E-state index in [-0.39, 0.29) is 12.1 Å². The molecule has 0 radical (unpaired) electrons. The third kappa shape index (κ3) is 5.11. The van der Waals surface area contributed by atoms with E-state index in [2.05, 4.69) is 19.1 Å². The summed E-state index contributed by atoms with van der Waals surface area (Å²) >= 11 is 0. The first-order valence-electron chi connectivity index (χ1n) is 9.01. The van der Waals surface area contributed by atoms with E-state index in [1.54, 1.807) is 4.90 Å². The van der Waals surface area contributed by atoms with Gasteiger partial charge in [-0.25, -0.2) is 4.79 Å². The summed E-state index contributed by atoms with van der Waals surface area (Å²) in [5.74, 6) is 0.393. The van der Waals surface area contributed by atoms with E-state index < -0.39 is 11.3 Å². The SMILES string of the molecule is CC(CCC1COC(C)(C)N1C(=O)OC(C)(C)C)c1ccc(N)cc1. The maximum absolute atomic E-state index is 12.6. The normalized spacial score (nSPS) is 21.2. The molecule has 1 amide bonds. The van der Waals surface area contributed by atoms with E-state index in [1.807, 2.05) is 46.8 Å². The molecule has 1 aromatic carbocycles. The second-order valence-corrected chi connectivity index (χ2v) is 8.41. The third-order valence-electron chi connectivity index (χ3n) is 4.60. The van der Waals surface area contributed by atoms with Crippen molar-refractivity contribution in [2.45, 2.75) is 77.7 Å². The number of ether oxygens (including phenoxy) is 2. The van der Waals surface area contributed by atoms with E-state index in [9.17, 15) is 4.79 Å². The standard InChI is InChI=1S/C20H32N2O3/c1-14(15-8-10-16(21)11-9-15)7-12-17-13-24-20(5,6)22(17)18(23)25-19(2,3)4/h8-11,14,17H,7,12-13,21H2,1-6H3. The highest BCUT2D eigenvalue weighted by molar-refractivity contribution is 5.69. The van der Waals surface area contributed by atoms with Gasteiger partial charge in [-0.2, -0.15) is 0 Å². The van der Waals surface area contributed by atoms with Gasteiger partial charge in [-0.15, -0.1) is 0 Å². The molecule has 1 aliphatic heterocycles. The minimum atomic E-state index is -0.641.